The maximum atomic E-state index is 6.00. The Balaban J connectivity index is 1.96. The average Bonchev–Trinajstić information content (AvgIpc) is 3.03. The van der Waals surface area contributed by atoms with Crippen molar-refractivity contribution in [3.8, 4) is 5.69 Å². The van der Waals surface area contributed by atoms with Gasteiger partial charge in [-0.15, -0.1) is 5.10 Å². The van der Waals surface area contributed by atoms with Crippen molar-refractivity contribution >= 4 is 11.6 Å². The molecule has 0 atom stereocenters. The van der Waals surface area contributed by atoms with Crippen LogP contribution in [0.25, 0.3) is 5.69 Å². The highest BCUT2D eigenvalue weighted by Crippen LogP contribution is 2.26. The van der Waals surface area contributed by atoms with Crippen LogP contribution in [0.15, 0.2) is 30.3 Å². The third-order valence-corrected chi connectivity index (χ3v) is 3.01. The molecule has 0 aliphatic heterocycles. The van der Waals surface area contributed by atoms with E-state index < -0.39 is 0 Å². The standard InChI is InChI=1S/C13H16N4/c1-9-4-2-3-5-11(9)17-12(14)8-13(16-17)15-10-6-7-10/h2-5,8,10H,6-7,14H2,1H3,(H,15,16). The Morgan fingerprint density at radius 3 is 2.82 bits per heavy atom. The zero-order valence-corrected chi connectivity index (χ0v) is 9.85. The smallest absolute Gasteiger partial charge is 0.150 e. The van der Waals surface area contributed by atoms with Crippen LogP contribution in [-0.2, 0) is 0 Å². The van der Waals surface area contributed by atoms with Crippen LogP contribution in [0, 0.1) is 6.92 Å². The Kier molecular flexibility index (Phi) is 2.28. The molecule has 1 aliphatic rings. The minimum Gasteiger partial charge on any atom is -0.384 e. The van der Waals surface area contributed by atoms with E-state index in [1.165, 1.54) is 18.4 Å². The molecule has 0 saturated heterocycles. The Bertz CT molecular complexity index is 540. The van der Waals surface area contributed by atoms with Crippen LogP contribution in [0.2, 0.25) is 0 Å². The summed E-state index contributed by atoms with van der Waals surface area (Å²) in [6, 6.07) is 10.6. The van der Waals surface area contributed by atoms with E-state index in [0.717, 1.165) is 11.5 Å². The molecule has 3 rings (SSSR count). The number of benzene rings is 1. The maximum absolute atomic E-state index is 6.00. The molecular weight excluding hydrogens is 212 g/mol. The number of aromatic nitrogens is 2. The van der Waals surface area contributed by atoms with E-state index in [-0.39, 0.29) is 0 Å². The van der Waals surface area contributed by atoms with Crippen LogP contribution < -0.4 is 11.1 Å². The van der Waals surface area contributed by atoms with Crippen molar-refractivity contribution in [1.29, 1.82) is 0 Å². The van der Waals surface area contributed by atoms with Gasteiger partial charge in [0.05, 0.1) is 5.69 Å². The van der Waals surface area contributed by atoms with Crippen molar-refractivity contribution < 1.29 is 0 Å². The summed E-state index contributed by atoms with van der Waals surface area (Å²) in [7, 11) is 0. The Morgan fingerprint density at radius 2 is 2.12 bits per heavy atom. The van der Waals surface area contributed by atoms with Crippen molar-refractivity contribution in [3.63, 3.8) is 0 Å². The number of hydrogen-bond donors (Lipinski definition) is 2. The number of nitrogens with one attached hydrogen (secondary N) is 1. The SMILES string of the molecule is Cc1ccccc1-n1nc(NC2CC2)cc1N. The number of aryl methyl sites for hydroxylation is 1. The van der Waals surface area contributed by atoms with Crippen molar-refractivity contribution in [2.45, 2.75) is 25.8 Å². The molecule has 88 valence electrons. The third-order valence-electron chi connectivity index (χ3n) is 3.01. The van der Waals surface area contributed by atoms with Gasteiger partial charge in [-0.2, -0.15) is 0 Å². The second kappa shape index (κ2) is 3.80. The number of rotatable bonds is 3. The quantitative estimate of drug-likeness (QED) is 0.847. The lowest BCUT2D eigenvalue weighted by molar-refractivity contribution is 0.880. The number of anilines is 2. The molecule has 1 saturated carbocycles. The molecule has 0 spiro atoms. The lowest BCUT2D eigenvalue weighted by Crippen LogP contribution is -2.05. The average molecular weight is 228 g/mol. The molecule has 1 aromatic carbocycles. The minimum atomic E-state index is 0.592. The summed E-state index contributed by atoms with van der Waals surface area (Å²) in [5.74, 6) is 1.54. The molecule has 4 heteroatoms. The summed E-state index contributed by atoms with van der Waals surface area (Å²) >= 11 is 0. The Hall–Kier alpha value is -1.97. The monoisotopic (exact) mass is 228 g/mol. The van der Waals surface area contributed by atoms with Gasteiger partial charge < -0.3 is 11.1 Å². The predicted molar refractivity (Wildman–Crippen MR) is 69.4 cm³/mol. The van der Waals surface area contributed by atoms with Crippen LogP contribution in [0.3, 0.4) is 0 Å². The molecule has 0 unspecified atom stereocenters. The zero-order valence-electron chi connectivity index (χ0n) is 9.85. The lowest BCUT2D eigenvalue weighted by atomic mass is 10.2. The van der Waals surface area contributed by atoms with Crippen LogP contribution in [0.4, 0.5) is 11.6 Å². The maximum Gasteiger partial charge on any atom is 0.150 e. The highest BCUT2D eigenvalue weighted by Gasteiger charge is 2.22. The number of nitrogens with two attached hydrogens (primary N) is 1. The Labute approximate surface area is 100 Å². The fourth-order valence-corrected chi connectivity index (χ4v) is 1.90. The van der Waals surface area contributed by atoms with Crippen LogP contribution >= 0.6 is 0 Å². The molecule has 2 aromatic rings. The molecule has 4 nitrogen and oxygen atoms in total. The first-order valence-corrected chi connectivity index (χ1v) is 5.92. The molecule has 0 amide bonds. The van der Waals surface area contributed by atoms with Gasteiger partial charge in [0.25, 0.3) is 0 Å². The van der Waals surface area contributed by atoms with Gasteiger partial charge >= 0.3 is 0 Å². The van der Waals surface area contributed by atoms with Crippen LogP contribution in [0.5, 0.6) is 0 Å². The van der Waals surface area contributed by atoms with Gasteiger partial charge in [-0.1, -0.05) is 18.2 Å². The van der Waals surface area contributed by atoms with Gasteiger partial charge in [0.1, 0.15) is 5.82 Å². The van der Waals surface area contributed by atoms with Crippen LogP contribution in [0.1, 0.15) is 18.4 Å². The van der Waals surface area contributed by atoms with Crippen molar-refractivity contribution in [2.75, 3.05) is 11.1 Å². The van der Waals surface area contributed by atoms with Gasteiger partial charge in [0, 0.05) is 12.1 Å². The van der Waals surface area contributed by atoms with Gasteiger partial charge in [-0.25, -0.2) is 4.68 Å². The molecule has 0 bridgehead atoms. The molecule has 1 fully saturated rings. The van der Waals surface area contributed by atoms with E-state index in [2.05, 4.69) is 23.4 Å². The zero-order chi connectivity index (χ0) is 11.8. The molecule has 3 N–H and O–H groups in total. The fraction of sp³-hybridized carbons (Fsp3) is 0.308. The van der Waals surface area contributed by atoms with Gasteiger partial charge in [0.15, 0.2) is 5.82 Å². The molecule has 0 radical (unpaired) electrons. The second-order valence-corrected chi connectivity index (χ2v) is 4.57. The molecule has 17 heavy (non-hydrogen) atoms. The summed E-state index contributed by atoms with van der Waals surface area (Å²) in [6.07, 6.45) is 2.47. The Morgan fingerprint density at radius 1 is 1.35 bits per heavy atom. The largest absolute Gasteiger partial charge is 0.384 e. The molecule has 1 heterocycles. The van der Waals surface area contributed by atoms with Gasteiger partial charge in [0.2, 0.25) is 0 Å². The predicted octanol–water partition coefficient (Wildman–Crippen LogP) is 2.34. The fourth-order valence-electron chi connectivity index (χ4n) is 1.90. The van der Waals surface area contributed by atoms with E-state index in [1.807, 2.05) is 24.3 Å². The van der Waals surface area contributed by atoms with Crippen molar-refractivity contribution in [2.24, 2.45) is 0 Å². The lowest BCUT2D eigenvalue weighted by Gasteiger charge is -2.06. The summed E-state index contributed by atoms with van der Waals surface area (Å²) in [5, 5.41) is 7.86. The second-order valence-electron chi connectivity index (χ2n) is 4.57. The summed E-state index contributed by atoms with van der Waals surface area (Å²) < 4.78 is 1.79. The van der Waals surface area contributed by atoms with Gasteiger partial charge in [-0.05, 0) is 31.4 Å². The minimum absolute atomic E-state index is 0.592. The normalized spacial score (nSPS) is 14.9. The van der Waals surface area contributed by atoms with E-state index >= 15 is 0 Å². The van der Waals surface area contributed by atoms with Crippen molar-refractivity contribution in [3.05, 3.63) is 35.9 Å². The topological polar surface area (TPSA) is 55.9 Å². The van der Waals surface area contributed by atoms with E-state index in [0.29, 0.717) is 11.9 Å². The van der Waals surface area contributed by atoms with Gasteiger partial charge in [-0.3, -0.25) is 0 Å². The first kappa shape index (κ1) is 10.2. The summed E-state index contributed by atoms with van der Waals surface area (Å²) in [4.78, 5) is 0. The van der Waals surface area contributed by atoms with E-state index in [4.69, 9.17) is 5.73 Å². The van der Waals surface area contributed by atoms with Crippen LogP contribution in [-0.4, -0.2) is 15.8 Å². The van der Waals surface area contributed by atoms with E-state index in [9.17, 15) is 0 Å². The first-order valence-electron chi connectivity index (χ1n) is 5.92. The summed E-state index contributed by atoms with van der Waals surface area (Å²) in [5.41, 5.74) is 8.20. The highest BCUT2D eigenvalue weighted by atomic mass is 15.3. The summed E-state index contributed by atoms with van der Waals surface area (Å²) in [6.45, 7) is 2.06. The van der Waals surface area contributed by atoms with Crippen molar-refractivity contribution in [1.82, 2.24) is 9.78 Å². The molecular formula is C13H16N4. The highest BCUT2D eigenvalue weighted by molar-refractivity contribution is 5.53. The number of nitrogens with zero attached hydrogens (tertiary/aromatic N) is 2. The number of hydrogen-bond acceptors (Lipinski definition) is 3. The molecule has 1 aliphatic carbocycles. The van der Waals surface area contributed by atoms with E-state index in [1.54, 1.807) is 4.68 Å². The third kappa shape index (κ3) is 1.98. The number of nitrogen functional groups attached to an aromatic ring is 1. The number of para-hydroxylation sites is 1. The molecule has 1 aromatic heterocycles. The first-order chi connectivity index (χ1) is 8.24.